The van der Waals surface area contributed by atoms with Gasteiger partial charge in [0.15, 0.2) is 0 Å². The van der Waals surface area contributed by atoms with Crippen LogP contribution in [0.1, 0.15) is 22.5 Å². The molecule has 6 nitrogen and oxygen atoms in total. The Morgan fingerprint density at radius 3 is 2.46 bits per heavy atom. The zero-order valence-electron chi connectivity index (χ0n) is 14.9. The van der Waals surface area contributed by atoms with Crippen molar-refractivity contribution < 1.29 is 19.1 Å². The third kappa shape index (κ3) is 3.99. The van der Waals surface area contributed by atoms with Gasteiger partial charge in [0.05, 0.1) is 14.2 Å². The Labute approximate surface area is 156 Å². The number of benzene rings is 1. The van der Waals surface area contributed by atoms with Gasteiger partial charge in [-0.1, -0.05) is 30.3 Å². The highest BCUT2D eigenvalue weighted by Gasteiger charge is 2.26. The van der Waals surface area contributed by atoms with E-state index in [0.29, 0.717) is 36.6 Å². The monoisotopic (exact) mass is 374 g/mol. The van der Waals surface area contributed by atoms with Crippen molar-refractivity contribution >= 4 is 23.3 Å². The third-order valence-electron chi connectivity index (χ3n) is 4.45. The maximum Gasteiger partial charge on any atom is 0.409 e. The number of hydrogen-bond acceptors (Lipinski definition) is 5. The summed E-state index contributed by atoms with van der Waals surface area (Å²) >= 11 is 1.42. The summed E-state index contributed by atoms with van der Waals surface area (Å²) in [7, 11) is 2.95. The summed E-state index contributed by atoms with van der Waals surface area (Å²) in [6.45, 7) is 1.16. The van der Waals surface area contributed by atoms with Crippen LogP contribution in [0.15, 0.2) is 36.4 Å². The summed E-state index contributed by atoms with van der Waals surface area (Å²) in [5.74, 6) is 0.448. The molecule has 2 heterocycles. The number of piperidine rings is 1. The summed E-state index contributed by atoms with van der Waals surface area (Å²) in [4.78, 5) is 27.5. The van der Waals surface area contributed by atoms with Crippen molar-refractivity contribution in [3.05, 3.63) is 41.3 Å². The number of rotatable bonds is 4. The molecule has 1 N–H and O–H groups in total. The van der Waals surface area contributed by atoms with E-state index in [-0.39, 0.29) is 18.0 Å². The van der Waals surface area contributed by atoms with E-state index in [2.05, 4.69) is 5.32 Å². The van der Waals surface area contributed by atoms with Crippen LogP contribution >= 0.6 is 11.3 Å². The minimum absolute atomic E-state index is 0.0374. The average molecular weight is 374 g/mol. The van der Waals surface area contributed by atoms with Crippen LogP contribution in [0.25, 0.3) is 10.4 Å². The largest absolute Gasteiger partial charge is 0.495 e. The lowest BCUT2D eigenvalue weighted by molar-refractivity contribution is 0.0893. The van der Waals surface area contributed by atoms with E-state index in [0.717, 1.165) is 10.4 Å². The zero-order valence-corrected chi connectivity index (χ0v) is 15.7. The summed E-state index contributed by atoms with van der Waals surface area (Å²) in [5.41, 5.74) is 1.06. The van der Waals surface area contributed by atoms with Crippen molar-refractivity contribution in [3.8, 4) is 16.2 Å². The number of ether oxygens (including phenoxy) is 2. The first kappa shape index (κ1) is 18.3. The minimum atomic E-state index is -0.317. The van der Waals surface area contributed by atoms with Gasteiger partial charge >= 0.3 is 6.09 Å². The molecule has 1 fully saturated rings. The molecule has 26 heavy (non-hydrogen) atoms. The lowest BCUT2D eigenvalue weighted by Crippen LogP contribution is -2.46. The number of amides is 2. The minimum Gasteiger partial charge on any atom is -0.495 e. The highest BCUT2D eigenvalue weighted by atomic mass is 32.1. The topological polar surface area (TPSA) is 67.9 Å². The first-order chi connectivity index (χ1) is 12.6. The van der Waals surface area contributed by atoms with Gasteiger partial charge in [-0.05, 0) is 24.5 Å². The molecule has 1 aliphatic rings. The molecular weight excluding hydrogens is 352 g/mol. The SMILES string of the molecule is COC(=O)N1CCC(NC(=O)c2sc(-c3ccccc3)cc2OC)CC1. The van der Waals surface area contributed by atoms with Crippen molar-refractivity contribution in [2.45, 2.75) is 18.9 Å². The maximum absolute atomic E-state index is 12.7. The van der Waals surface area contributed by atoms with E-state index in [1.165, 1.54) is 18.4 Å². The second-order valence-corrected chi connectivity index (χ2v) is 7.13. The smallest absolute Gasteiger partial charge is 0.409 e. The number of methoxy groups -OCH3 is 2. The number of nitrogens with one attached hydrogen (secondary N) is 1. The lowest BCUT2D eigenvalue weighted by atomic mass is 10.1. The Bertz CT molecular complexity index is 767. The van der Waals surface area contributed by atoms with Crippen LogP contribution in [0.2, 0.25) is 0 Å². The summed E-state index contributed by atoms with van der Waals surface area (Å²) in [6, 6.07) is 11.9. The van der Waals surface area contributed by atoms with Gasteiger partial charge in [0.2, 0.25) is 0 Å². The second kappa shape index (κ2) is 8.23. The average Bonchev–Trinajstić information content (AvgIpc) is 3.13. The van der Waals surface area contributed by atoms with Gasteiger partial charge in [-0.3, -0.25) is 4.79 Å². The quantitative estimate of drug-likeness (QED) is 0.891. The van der Waals surface area contributed by atoms with Crippen molar-refractivity contribution in [1.82, 2.24) is 10.2 Å². The van der Waals surface area contributed by atoms with Crippen LogP contribution in [0.3, 0.4) is 0 Å². The van der Waals surface area contributed by atoms with E-state index in [4.69, 9.17) is 9.47 Å². The van der Waals surface area contributed by atoms with Crippen LogP contribution in [-0.2, 0) is 4.74 Å². The molecule has 0 spiro atoms. The highest BCUT2D eigenvalue weighted by Crippen LogP contribution is 2.36. The van der Waals surface area contributed by atoms with E-state index < -0.39 is 0 Å². The molecule has 0 unspecified atom stereocenters. The third-order valence-corrected chi connectivity index (χ3v) is 5.61. The molecular formula is C19H22N2O4S. The molecule has 1 aliphatic heterocycles. The van der Waals surface area contributed by atoms with E-state index >= 15 is 0 Å². The molecule has 0 saturated carbocycles. The highest BCUT2D eigenvalue weighted by molar-refractivity contribution is 7.17. The van der Waals surface area contributed by atoms with Gasteiger partial charge in [-0.15, -0.1) is 11.3 Å². The van der Waals surface area contributed by atoms with E-state index in [1.54, 1.807) is 12.0 Å². The fourth-order valence-corrected chi connectivity index (χ4v) is 4.05. The second-order valence-electron chi connectivity index (χ2n) is 6.08. The van der Waals surface area contributed by atoms with Crippen LogP contribution in [0.5, 0.6) is 5.75 Å². The predicted molar refractivity (Wildman–Crippen MR) is 101 cm³/mol. The van der Waals surface area contributed by atoms with E-state index in [1.807, 2.05) is 36.4 Å². The lowest BCUT2D eigenvalue weighted by Gasteiger charge is -2.31. The van der Waals surface area contributed by atoms with Gasteiger partial charge in [0, 0.05) is 24.0 Å². The summed E-state index contributed by atoms with van der Waals surface area (Å²) < 4.78 is 10.1. The molecule has 1 aromatic carbocycles. The molecule has 0 atom stereocenters. The Kier molecular flexibility index (Phi) is 5.78. The Balaban J connectivity index is 1.67. The molecule has 7 heteroatoms. The van der Waals surface area contributed by atoms with Gasteiger partial charge in [-0.2, -0.15) is 0 Å². The van der Waals surface area contributed by atoms with Crippen molar-refractivity contribution in [2.24, 2.45) is 0 Å². The Morgan fingerprint density at radius 1 is 1.15 bits per heavy atom. The molecule has 0 bridgehead atoms. The van der Waals surface area contributed by atoms with Gasteiger partial charge < -0.3 is 19.7 Å². The molecule has 0 aliphatic carbocycles. The number of carbonyl (C=O) groups is 2. The van der Waals surface area contributed by atoms with Crippen LogP contribution in [-0.4, -0.2) is 50.3 Å². The maximum atomic E-state index is 12.7. The molecule has 0 radical (unpaired) electrons. The number of nitrogens with zero attached hydrogens (tertiary/aromatic N) is 1. The molecule has 1 aromatic heterocycles. The van der Waals surface area contributed by atoms with Crippen molar-refractivity contribution in [1.29, 1.82) is 0 Å². The van der Waals surface area contributed by atoms with Crippen molar-refractivity contribution in [3.63, 3.8) is 0 Å². The molecule has 3 rings (SSSR count). The summed E-state index contributed by atoms with van der Waals surface area (Å²) in [6.07, 6.45) is 1.10. The predicted octanol–water partition coefficient (Wildman–Crippen LogP) is 3.38. The first-order valence-corrected chi connectivity index (χ1v) is 9.31. The molecule has 1 saturated heterocycles. The molecule has 2 amide bonds. The number of hydrogen-bond donors (Lipinski definition) is 1. The van der Waals surface area contributed by atoms with Gasteiger partial charge in [0.1, 0.15) is 10.6 Å². The fourth-order valence-electron chi connectivity index (χ4n) is 3.02. The van der Waals surface area contributed by atoms with Crippen LogP contribution in [0.4, 0.5) is 4.79 Å². The first-order valence-electron chi connectivity index (χ1n) is 8.49. The summed E-state index contributed by atoms with van der Waals surface area (Å²) in [5, 5.41) is 3.06. The fraction of sp³-hybridized carbons (Fsp3) is 0.368. The number of thiophene rings is 1. The van der Waals surface area contributed by atoms with Crippen LogP contribution < -0.4 is 10.1 Å². The Hall–Kier alpha value is -2.54. The molecule has 138 valence electrons. The van der Waals surface area contributed by atoms with Gasteiger partial charge in [-0.25, -0.2) is 4.79 Å². The van der Waals surface area contributed by atoms with Crippen molar-refractivity contribution in [2.75, 3.05) is 27.3 Å². The molecule has 2 aromatic rings. The standard InChI is InChI=1S/C19H22N2O4S/c1-24-15-12-16(13-6-4-3-5-7-13)26-17(15)18(22)20-14-8-10-21(11-9-14)19(23)25-2/h3-7,12,14H,8-11H2,1-2H3,(H,20,22). The number of carbonyl (C=O) groups excluding carboxylic acids is 2. The van der Waals surface area contributed by atoms with Crippen LogP contribution in [0, 0.1) is 0 Å². The normalized spacial score (nSPS) is 14.8. The number of likely N-dealkylation sites (tertiary alicyclic amines) is 1. The van der Waals surface area contributed by atoms with Gasteiger partial charge in [0.25, 0.3) is 5.91 Å². The zero-order chi connectivity index (χ0) is 18.5. The van der Waals surface area contributed by atoms with E-state index in [9.17, 15) is 9.59 Å². The Morgan fingerprint density at radius 2 is 1.85 bits per heavy atom.